The molecule has 0 aliphatic heterocycles. The van der Waals surface area contributed by atoms with Crippen LogP contribution < -0.4 is 10.1 Å². The smallest absolute Gasteiger partial charge is 0.261 e. The molecule has 0 radical (unpaired) electrons. The van der Waals surface area contributed by atoms with Gasteiger partial charge in [-0.15, -0.1) is 11.3 Å². The first-order valence-corrected chi connectivity index (χ1v) is 9.47. The summed E-state index contributed by atoms with van der Waals surface area (Å²) in [5.41, 5.74) is 1.23. The second-order valence-electron chi connectivity index (χ2n) is 5.72. The van der Waals surface area contributed by atoms with Crippen LogP contribution in [0.4, 0.5) is 0 Å². The molecule has 136 valence electrons. The highest BCUT2D eigenvalue weighted by Crippen LogP contribution is 2.21. The van der Waals surface area contributed by atoms with Crippen LogP contribution in [-0.2, 0) is 17.8 Å². The molecule has 3 rings (SSSR count). The van der Waals surface area contributed by atoms with Crippen molar-refractivity contribution in [3.05, 3.63) is 53.2 Å². The topological polar surface area (TPSA) is 77.2 Å². The number of nitrogens with zero attached hydrogens (tertiary/aromatic N) is 2. The molecule has 1 unspecified atom stereocenters. The highest BCUT2D eigenvalue weighted by atomic mass is 32.1. The Kier molecular flexibility index (Phi) is 6.01. The van der Waals surface area contributed by atoms with Gasteiger partial charge in [-0.05, 0) is 42.0 Å². The van der Waals surface area contributed by atoms with Gasteiger partial charge in [0.05, 0.1) is 11.4 Å². The van der Waals surface area contributed by atoms with Gasteiger partial charge in [-0.1, -0.05) is 37.2 Å². The molecule has 0 fully saturated rings. The maximum absolute atomic E-state index is 12.4. The van der Waals surface area contributed by atoms with Crippen LogP contribution in [0.3, 0.4) is 0 Å². The van der Waals surface area contributed by atoms with Gasteiger partial charge < -0.3 is 14.6 Å². The molecular formula is C19H21N3O3S. The van der Waals surface area contributed by atoms with Gasteiger partial charge in [0.1, 0.15) is 5.75 Å². The van der Waals surface area contributed by atoms with Crippen LogP contribution >= 0.6 is 11.3 Å². The van der Waals surface area contributed by atoms with Crippen molar-refractivity contribution in [2.24, 2.45) is 0 Å². The van der Waals surface area contributed by atoms with E-state index in [1.807, 2.05) is 48.7 Å². The first kappa shape index (κ1) is 18.1. The Morgan fingerprint density at radius 3 is 2.73 bits per heavy atom. The molecule has 0 aliphatic carbocycles. The fourth-order valence-electron chi connectivity index (χ4n) is 2.40. The van der Waals surface area contributed by atoms with Crippen molar-refractivity contribution < 1.29 is 14.1 Å². The van der Waals surface area contributed by atoms with Gasteiger partial charge in [-0.2, -0.15) is 4.98 Å². The number of thiophene rings is 1. The predicted molar refractivity (Wildman–Crippen MR) is 100.0 cm³/mol. The van der Waals surface area contributed by atoms with Crippen LogP contribution in [0.1, 0.15) is 31.7 Å². The number of aryl methyl sites for hydroxylation is 1. The molecule has 0 bridgehead atoms. The Morgan fingerprint density at radius 2 is 2.08 bits per heavy atom. The monoisotopic (exact) mass is 371 g/mol. The minimum atomic E-state index is -0.567. The number of hydrogen-bond acceptors (Lipinski definition) is 6. The number of aromatic nitrogens is 2. The molecule has 0 saturated heterocycles. The maximum Gasteiger partial charge on any atom is 0.261 e. The zero-order valence-electron chi connectivity index (χ0n) is 14.8. The second-order valence-corrected chi connectivity index (χ2v) is 6.67. The van der Waals surface area contributed by atoms with E-state index in [0.29, 0.717) is 23.9 Å². The fourth-order valence-corrected chi connectivity index (χ4v) is 3.05. The number of ether oxygens (including phenoxy) is 1. The molecule has 1 N–H and O–H groups in total. The van der Waals surface area contributed by atoms with E-state index >= 15 is 0 Å². The Hall–Kier alpha value is -2.67. The summed E-state index contributed by atoms with van der Waals surface area (Å²) in [7, 11) is 0. The Morgan fingerprint density at radius 1 is 1.27 bits per heavy atom. The molecule has 1 aromatic carbocycles. The van der Waals surface area contributed by atoms with E-state index in [0.717, 1.165) is 11.3 Å². The average Bonchev–Trinajstić information content (AvgIpc) is 3.36. The fraction of sp³-hybridized carbons (Fsp3) is 0.316. The first-order valence-electron chi connectivity index (χ1n) is 8.59. The summed E-state index contributed by atoms with van der Waals surface area (Å²) in [6, 6.07) is 11.6. The molecule has 7 heteroatoms. The summed E-state index contributed by atoms with van der Waals surface area (Å²) < 4.78 is 11.0. The van der Waals surface area contributed by atoms with Crippen molar-refractivity contribution in [1.29, 1.82) is 0 Å². The lowest BCUT2D eigenvalue weighted by atomic mass is 10.2. The first-order chi connectivity index (χ1) is 12.7. The summed E-state index contributed by atoms with van der Waals surface area (Å²) in [5.74, 6) is 1.37. The second kappa shape index (κ2) is 8.62. The number of rotatable bonds is 8. The molecule has 2 heterocycles. The van der Waals surface area contributed by atoms with Gasteiger partial charge in [-0.25, -0.2) is 0 Å². The van der Waals surface area contributed by atoms with Gasteiger partial charge in [0, 0.05) is 0 Å². The largest absolute Gasteiger partial charge is 0.481 e. The summed E-state index contributed by atoms with van der Waals surface area (Å²) in [6.07, 6.45) is 0.962. The molecule has 1 atom stereocenters. The third-order valence-corrected chi connectivity index (χ3v) is 4.76. The summed E-state index contributed by atoms with van der Waals surface area (Å²) in [6.45, 7) is 4.18. The van der Waals surface area contributed by atoms with Crippen molar-refractivity contribution >= 4 is 17.2 Å². The Balaban J connectivity index is 1.55. The van der Waals surface area contributed by atoms with E-state index in [-0.39, 0.29) is 12.5 Å². The number of nitrogens with one attached hydrogen (secondary N) is 1. The maximum atomic E-state index is 12.4. The zero-order chi connectivity index (χ0) is 18.4. The number of carbonyl (C=O) groups excluding carboxylic acids is 1. The van der Waals surface area contributed by atoms with Crippen LogP contribution in [0.5, 0.6) is 5.75 Å². The molecule has 2 aromatic heterocycles. The molecular weight excluding hydrogens is 350 g/mol. The lowest BCUT2D eigenvalue weighted by Crippen LogP contribution is -2.37. The molecule has 0 spiro atoms. The quantitative estimate of drug-likeness (QED) is 0.651. The standard InChI is InChI=1S/C19H21N3O3S/c1-3-13-7-9-14(10-8-13)24-15(4-2)19(23)20-12-17-21-18(22-25-17)16-6-5-11-26-16/h5-11,15H,3-4,12H2,1-2H3,(H,20,23). The molecule has 1 amide bonds. The normalized spacial score (nSPS) is 11.9. The van der Waals surface area contributed by atoms with Crippen LogP contribution in [0.2, 0.25) is 0 Å². The number of amides is 1. The summed E-state index contributed by atoms with van der Waals surface area (Å²) in [4.78, 5) is 17.6. The molecule has 26 heavy (non-hydrogen) atoms. The van der Waals surface area contributed by atoms with Gasteiger partial charge in [0.2, 0.25) is 11.7 Å². The lowest BCUT2D eigenvalue weighted by molar-refractivity contribution is -0.128. The highest BCUT2D eigenvalue weighted by Gasteiger charge is 2.19. The van der Waals surface area contributed by atoms with Crippen molar-refractivity contribution in [2.75, 3.05) is 0 Å². The van der Waals surface area contributed by atoms with Crippen molar-refractivity contribution in [2.45, 2.75) is 39.3 Å². The van der Waals surface area contributed by atoms with Gasteiger partial charge >= 0.3 is 0 Å². The van der Waals surface area contributed by atoms with Gasteiger partial charge in [0.25, 0.3) is 5.91 Å². The number of benzene rings is 1. The van der Waals surface area contributed by atoms with E-state index in [1.54, 1.807) is 0 Å². The molecule has 0 aliphatic rings. The van der Waals surface area contributed by atoms with Gasteiger partial charge in [-0.3, -0.25) is 4.79 Å². The lowest BCUT2D eigenvalue weighted by Gasteiger charge is -2.17. The minimum absolute atomic E-state index is 0.172. The van der Waals surface area contributed by atoms with E-state index < -0.39 is 6.10 Å². The predicted octanol–water partition coefficient (Wildman–Crippen LogP) is 3.83. The number of carbonyl (C=O) groups is 1. The SMILES string of the molecule is CCc1ccc(OC(CC)C(=O)NCc2nc(-c3cccs3)no2)cc1. The van der Waals surface area contributed by atoms with Crippen LogP contribution in [-0.4, -0.2) is 22.2 Å². The van der Waals surface area contributed by atoms with E-state index in [2.05, 4.69) is 22.4 Å². The molecule has 0 saturated carbocycles. The molecule has 3 aromatic rings. The molecule has 6 nitrogen and oxygen atoms in total. The van der Waals surface area contributed by atoms with E-state index in [9.17, 15) is 4.79 Å². The van der Waals surface area contributed by atoms with Crippen LogP contribution in [0.15, 0.2) is 46.3 Å². The Bertz CT molecular complexity index is 828. The van der Waals surface area contributed by atoms with Crippen molar-refractivity contribution in [1.82, 2.24) is 15.5 Å². The highest BCUT2D eigenvalue weighted by molar-refractivity contribution is 7.13. The zero-order valence-corrected chi connectivity index (χ0v) is 15.6. The van der Waals surface area contributed by atoms with Crippen LogP contribution in [0, 0.1) is 0 Å². The minimum Gasteiger partial charge on any atom is -0.481 e. The van der Waals surface area contributed by atoms with Gasteiger partial charge in [0.15, 0.2) is 6.10 Å². The van der Waals surface area contributed by atoms with Crippen LogP contribution in [0.25, 0.3) is 10.7 Å². The van der Waals surface area contributed by atoms with Crippen molar-refractivity contribution in [3.8, 4) is 16.5 Å². The Labute approximate surface area is 156 Å². The summed E-state index contributed by atoms with van der Waals surface area (Å²) in [5, 5.41) is 8.67. The third-order valence-electron chi connectivity index (χ3n) is 3.90. The summed E-state index contributed by atoms with van der Waals surface area (Å²) >= 11 is 1.53. The third kappa shape index (κ3) is 4.49. The van der Waals surface area contributed by atoms with E-state index in [1.165, 1.54) is 16.9 Å². The van der Waals surface area contributed by atoms with E-state index in [4.69, 9.17) is 9.26 Å². The average molecular weight is 371 g/mol. The number of hydrogen-bond donors (Lipinski definition) is 1. The van der Waals surface area contributed by atoms with Crippen molar-refractivity contribution in [3.63, 3.8) is 0 Å².